The largest absolute Gasteiger partial charge is 0.490 e. The standard InChI is InChI=1S/C12H17F3O2/c13-12(14,15)11(16)17-10-6-5-8-3-1-2-4-9(8)7-10/h8-10H,1-7H2. The van der Waals surface area contributed by atoms with Crippen LogP contribution in [0.15, 0.2) is 0 Å². The summed E-state index contributed by atoms with van der Waals surface area (Å²) in [6.45, 7) is 0. The lowest BCUT2D eigenvalue weighted by atomic mass is 9.70. The zero-order valence-corrected chi connectivity index (χ0v) is 9.63. The number of alkyl halides is 3. The Kier molecular flexibility index (Phi) is 3.64. The van der Waals surface area contributed by atoms with Gasteiger partial charge in [-0.2, -0.15) is 13.2 Å². The van der Waals surface area contributed by atoms with E-state index >= 15 is 0 Å². The fourth-order valence-corrected chi connectivity index (χ4v) is 3.16. The molecule has 2 aliphatic rings. The predicted octanol–water partition coefficient (Wildman–Crippen LogP) is 3.45. The van der Waals surface area contributed by atoms with Crippen LogP contribution >= 0.6 is 0 Å². The summed E-state index contributed by atoms with van der Waals surface area (Å²) in [4.78, 5) is 10.7. The normalized spacial score (nSPS) is 33.9. The average molecular weight is 250 g/mol. The summed E-state index contributed by atoms with van der Waals surface area (Å²) in [6, 6.07) is 0. The topological polar surface area (TPSA) is 26.3 Å². The van der Waals surface area contributed by atoms with Gasteiger partial charge in [0.05, 0.1) is 0 Å². The molecular formula is C12H17F3O2. The van der Waals surface area contributed by atoms with E-state index in [0.29, 0.717) is 24.7 Å². The van der Waals surface area contributed by atoms with Gasteiger partial charge in [0.1, 0.15) is 6.10 Å². The maximum Gasteiger partial charge on any atom is 0.490 e. The highest BCUT2D eigenvalue weighted by Crippen LogP contribution is 2.41. The fraction of sp³-hybridized carbons (Fsp3) is 0.917. The van der Waals surface area contributed by atoms with Crippen LogP contribution in [-0.4, -0.2) is 18.2 Å². The van der Waals surface area contributed by atoms with Gasteiger partial charge in [0.2, 0.25) is 0 Å². The number of hydrogen-bond acceptors (Lipinski definition) is 2. The smallest absolute Gasteiger partial charge is 0.456 e. The Morgan fingerprint density at radius 2 is 1.65 bits per heavy atom. The Morgan fingerprint density at radius 3 is 2.29 bits per heavy atom. The first kappa shape index (κ1) is 12.7. The van der Waals surface area contributed by atoms with Crippen LogP contribution in [0.1, 0.15) is 44.9 Å². The van der Waals surface area contributed by atoms with Crippen LogP contribution in [0.5, 0.6) is 0 Å². The van der Waals surface area contributed by atoms with Gasteiger partial charge in [-0.3, -0.25) is 0 Å². The highest BCUT2D eigenvalue weighted by atomic mass is 19.4. The van der Waals surface area contributed by atoms with Gasteiger partial charge >= 0.3 is 12.1 Å². The van der Waals surface area contributed by atoms with E-state index in [2.05, 4.69) is 4.74 Å². The van der Waals surface area contributed by atoms with Gasteiger partial charge in [-0.1, -0.05) is 25.7 Å². The Hall–Kier alpha value is -0.740. The van der Waals surface area contributed by atoms with Crippen molar-refractivity contribution in [2.75, 3.05) is 0 Å². The molecule has 0 saturated heterocycles. The molecule has 98 valence electrons. The van der Waals surface area contributed by atoms with E-state index in [1.165, 1.54) is 12.8 Å². The average Bonchev–Trinajstić information content (AvgIpc) is 2.27. The molecule has 2 saturated carbocycles. The lowest BCUT2D eigenvalue weighted by molar-refractivity contribution is -0.207. The van der Waals surface area contributed by atoms with Crippen LogP contribution in [0, 0.1) is 11.8 Å². The van der Waals surface area contributed by atoms with Gasteiger partial charge in [-0.25, -0.2) is 4.79 Å². The Balaban J connectivity index is 1.86. The highest BCUT2D eigenvalue weighted by Gasteiger charge is 2.43. The Labute approximate surface area is 98.5 Å². The summed E-state index contributed by atoms with van der Waals surface area (Å²) in [6.07, 6.45) is 1.37. The Morgan fingerprint density at radius 1 is 1.00 bits per heavy atom. The summed E-state index contributed by atoms with van der Waals surface area (Å²) in [5.74, 6) is -0.926. The zero-order valence-electron chi connectivity index (χ0n) is 9.63. The van der Waals surface area contributed by atoms with Crippen LogP contribution in [-0.2, 0) is 9.53 Å². The molecule has 0 heterocycles. The second-order valence-corrected chi connectivity index (χ2v) is 5.14. The van der Waals surface area contributed by atoms with Crippen molar-refractivity contribution in [1.82, 2.24) is 0 Å². The van der Waals surface area contributed by atoms with E-state index in [1.54, 1.807) is 0 Å². The third-order valence-corrected chi connectivity index (χ3v) is 4.00. The molecule has 2 rings (SSSR count). The number of fused-ring (bicyclic) bond motifs is 1. The van der Waals surface area contributed by atoms with Crippen molar-refractivity contribution in [3.8, 4) is 0 Å². The van der Waals surface area contributed by atoms with Crippen LogP contribution in [0.4, 0.5) is 13.2 Å². The lowest BCUT2D eigenvalue weighted by Gasteiger charge is -2.38. The maximum atomic E-state index is 12.1. The minimum atomic E-state index is -4.86. The molecule has 0 radical (unpaired) electrons. The highest BCUT2D eigenvalue weighted by molar-refractivity contribution is 5.75. The van der Waals surface area contributed by atoms with E-state index in [9.17, 15) is 18.0 Å². The molecule has 0 aromatic heterocycles. The molecule has 0 N–H and O–H groups in total. The third kappa shape index (κ3) is 3.13. The van der Waals surface area contributed by atoms with E-state index in [-0.39, 0.29) is 0 Å². The van der Waals surface area contributed by atoms with E-state index in [4.69, 9.17) is 0 Å². The van der Waals surface area contributed by atoms with Gasteiger partial charge in [-0.05, 0) is 31.1 Å². The maximum absolute atomic E-state index is 12.1. The molecule has 0 aromatic rings. The van der Waals surface area contributed by atoms with E-state index in [1.807, 2.05) is 0 Å². The second-order valence-electron chi connectivity index (χ2n) is 5.14. The molecule has 3 unspecified atom stereocenters. The molecule has 0 spiro atoms. The number of rotatable bonds is 1. The minimum Gasteiger partial charge on any atom is -0.456 e. The summed E-state index contributed by atoms with van der Waals surface area (Å²) in [7, 11) is 0. The zero-order chi connectivity index (χ0) is 12.5. The number of esters is 1. The van der Waals surface area contributed by atoms with Crippen molar-refractivity contribution in [2.24, 2.45) is 11.8 Å². The van der Waals surface area contributed by atoms with Crippen molar-refractivity contribution >= 4 is 5.97 Å². The first-order valence-corrected chi connectivity index (χ1v) is 6.24. The van der Waals surface area contributed by atoms with Crippen molar-refractivity contribution in [3.63, 3.8) is 0 Å². The molecule has 17 heavy (non-hydrogen) atoms. The molecular weight excluding hydrogens is 233 g/mol. The fourth-order valence-electron chi connectivity index (χ4n) is 3.16. The summed E-state index contributed by atoms with van der Waals surface area (Å²) < 4.78 is 40.7. The number of carbonyl (C=O) groups excluding carboxylic acids is 1. The molecule has 0 aromatic carbocycles. The number of halogens is 3. The van der Waals surface area contributed by atoms with Crippen molar-refractivity contribution in [3.05, 3.63) is 0 Å². The van der Waals surface area contributed by atoms with Crippen molar-refractivity contribution < 1.29 is 22.7 Å². The van der Waals surface area contributed by atoms with Crippen LogP contribution in [0.25, 0.3) is 0 Å². The third-order valence-electron chi connectivity index (χ3n) is 4.00. The van der Waals surface area contributed by atoms with Gasteiger partial charge in [0.15, 0.2) is 0 Å². The monoisotopic (exact) mass is 250 g/mol. The number of ether oxygens (including phenoxy) is 1. The van der Waals surface area contributed by atoms with Crippen molar-refractivity contribution in [2.45, 2.75) is 57.2 Å². The second kappa shape index (κ2) is 4.86. The van der Waals surface area contributed by atoms with Gasteiger partial charge in [-0.15, -0.1) is 0 Å². The van der Waals surface area contributed by atoms with Crippen molar-refractivity contribution in [1.29, 1.82) is 0 Å². The molecule has 0 amide bonds. The first-order valence-electron chi connectivity index (χ1n) is 6.24. The molecule has 5 heteroatoms. The quantitative estimate of drug-likeness (QED) is 0.666. The molecule has 2 aliphatic carbocycles. The molecule has 0 aliphatic heterocycles. The first-order chi connectivity index (χ1) is 7.97. The number of carbonyl (C=O) groups is 1. The van der Waals surface area contributed by atoms with Crippen LogP contribution < -0.4 is 0 Å². The molecule has 2 nitrogen and oxygen atoms in total. The van der Waals surface area contributed by atoms with E-state index < -0.39 is 18.2 Å². The Bertz CT molecular complexity index is 288. The SMILES string of the molecule is O=C(OC1CCC2CCCCC2C1)C(F)(F)F. The van der Waals surface area contributed by atoms with E-state index in [0.717, 1.165) is 19.3 Å². The summed E-state index contributed by atoms with van der Waals surface area (Å²) >= 11 is 0. The molecule has 3 atom stereocenters. The molecule has 2 fully saturated rings. The lowest BCUT2D eigenvalue weighted by Crippen LogP contribution is -2.36. The molecule has 0 bridgehead atoms. The van der Waals surface area contributed by atoms with Crippen LogP contribution in [0.3, 0.4) is 0 Å². The van der Waals surface area contributed by atoms with Crippen LogP contribution in [0.2, 0.25) is 0 Å². The predicted molar refractivity (Wildman–Crippen MR) is 55.2 cm³/mol. The van der Waals surface area contributed by atoms with Gasteiger partial charge in [0, 0.05) is 0 Å². The van der Waals surface area contributed by atoms with Gasteiger partial charge < -0.3 is 4.74 Å². The summed E-state index contributed by atoms with van der Waals surface area (Å²) in [5, 5.41) is 0. The van der Waals surface area contributed by atoms with Gasteiger partial charge in [0.25, 0.3) is 0 Å². The number of hydrogen-bond donors (Lipinski definition) is 0. The summed E-state index contributed by atoms with van der Waals surface area (Å²) in [5.41, 5.74) is 0. The minimum absolute atomic E-state index is 0.462.